The largest absolute Gasteiger partial charge is 0.507 e. The molecule has 2 aliphatic heterocycles. The number of Topliss-reactive ketones (excluding diaryl/α,β-unsaturated/α-hetero) is 1. The van der Waals surface area contributed by atoms with Crippen LogP contribution in [0.5, 0.6) is 23.0 Å². The Morgan fingerprint density at radius 2 is 1.76 bits per heavy atom. The first-order chi connectivity index (χ1) is 21.9. The number of amides is 1. The Balaban J connectivity index is 1.43. The van der Waals surface area contributed by atoms with Crippen LogP contribution < -0.4 is 23.8 Å². The molecular weight excluding hydrogens is 621 g/mol. The zero-order chi connectivity index (χ0) is 31.5. The summed E-state index contributed by atoms with van der Waals surface area (Å²) in [6.07, 6.45) is 0. The number of aromatic nitrogens is 2. The SMILES string of the molecule is CCOc1ccc(C2C(=C(O)c3ccc4c(c3)OCCO4)C(=O)C(=O)N2c2nnc(SCc3ccccc3F)s2)cc1OCC. The van der Waals surface area contributed by atoms with Crippen LogP contribution in [0.4, 0.5) is 9.52 Å². The van der Waals surface area contributed by atoms with Gasteiger partial charge in [0, 0.05) is 11.3 Å². The molecule has 0 spiro atoms. The predicted molar refractivity (Wildman–Crippen MR) is 167 cm³/mol. The van der Waals surface area contributed by atoms with Gasteiger partial charge in [-0.3, -0.25) is 14.5 Å². The molecule has 1 N–H and O–H groups in total. The lowest BCUT2D eigenvalue weighted by molar-refractivity contribution is -0.132. The second-order valence-corrected chi connectivity index (χ2v) is 12.0. The van der Waals surface area contributed by atoms with Crippen molar-refractivity contribution in [2.75, 3.05) is 31.3 Å². The van der Waals surface area contributed by atoms with Crippen molar-refractivity contribution in [2.24, 2.45) is 0 Å². The number of halogens is 1. The standard InChI is InChI=1S/C32H28FN3O7S2/c1-3-40-22-11-9-18(15-24(22)41-4-2)27-26(28(37)19-10-12-23-25(16-19)43-14-13-42-23)29(38)30(39)36(27)31-34-35-32(45-31)44-17-20-7-5-6-8-21(20)33/h5-12,15-16,27,37H,3-4,13-14,17H2,1-2H3. The van der Waals surface area contributed by atoms with Gasteiger partial charge in [-0.25, -0.2) is 4.39 Å². The van der Waals surface area contributed by atoms with Gasteiger partial charge in [0.1, 0.15) is 24.8 Å². The van der Waals surface area contributed by atoms with E-state index in [9.17, 15) is 19.1 Å². The van der Waals surface area contributed by atoms with E-state index in [1.807, 2.05) is 13.8 Å². The lowest BCUT2D eigenvalue weighted by Gasteiger charge is -2.24. The maximum atomic E-state index is 14.2. The number of fused-ring (bicyclic) bond motifs is 1. The molecular formula is C32H28FN3O7S2. The van der Waals surface area contributed by atoms with Crippen LogP contribution in [0, 0.1) is 5.82 Å². The fourth-order valence-corrected chi connectivity index (χ4v) is 6.90. The predicted octanol–water partition coefficient (Wildman–Crippen LogP) is 6.16. The minimum Gasteiger partial charge on any atom is -0.507 e. The van der Waals surface area contributed by atoms with Gasteiger partial charge in [0.15, 0.2) is 27.3 Å². The van der Waals surface area contributed by atoms with E-state index in [4.69, 9.17) is 18.9 Å². The zero-order valence-corrected chi connectivity index (χ0v) is 26.0. The third-order valence-corrected chi connectivity index (χ3v) is 9.16. The minimum atomic E-state index is -1.08. The first-order valence-electron chi connectivity index (χ1n) is 14.2. The Morgan fingerprint density at radius 3 is 2.53 bits per heavy atom. The number of carbonyl (C=O) groups excluding carboxylic acids is 2. The van der Waals surface area contributed by atoms with Gasteiger partial charge in [0.2, 0.25) is 5.13 Å². The molecule has 4 aromatic rings. The number of benzene rings is 3. The smallest absolute Gasteiger partial charge is 0.301 e. The number of aliphatic hydroxyl groups excluding tert-OH is 1. The summed E-state index contributed by atoms with van der Waals surface area (Å²) >= 11 is 2.35. The van der Waals surface area contributed by atoms with E-state index >= 15 is 0 Å². The Labute approximate surface area is 266 Å². The molecule has 10 nitrogen and oxygen atoms in total. The summed E-state index contributed by atoms with van der Waals surface area (Å²) in [5.74, 6) is -0.362. The maximum absolute atomic E-state index is 14.2. The fraction of sp³-hybridized carbons (Fsp3) is 0.250. The number of ether oxygens (including phenoxy) is 4. The van der Waals surface area contributed by atoms with Crippen molar-refractivity contribution in [2.45, 2.75) is 30.0 Å². The van der Waals surface area contributed by atoms with E-state index in [-0.39, 0.29) is 27.8 Å². The number of anilines is 1. The molecule has 1 atom stereocenters. The van der Waals surface area contributed by atoms with Crippen LogP contribution in [0.3, 0.4) is 0 Å². The molecule has 1 saturated heterocycles. The number of thioether (sulfide) groups is 1. The highest BCUT2D eigenvalue weighted by atomic mass is 32.2. The zero-order valence-electron chi connectivity index (χ0n) is 24.3. The van der Waals surface area contributed by atoms with Crippen LogP contribution in [0.25, 0.3) is 5.76 Å². The van der Waals surface area contributed by atoms with Gasteiger partial charge in [-0.05, 0) is 61.4 Å². The summed E-state index contributed by atoms with van der Waals surface area (Å²) in [5, 5.41) is 20.2. The van der Waals surface area contributed by atoms with E-state index < -0.39 is 17.7 Å². The fourth-order valence-electron chi connectivity index (χ4n) is 5.04. The third-order valence-electron chi connectivity index (χ3n) is 7.05. The molecule has 1 fully saturated rings. The molecule has 1 amide bonds. The maximum Gasteiger partial charge on any atom is 0.301 e. The van der Waals surface area contributed by atoms with Gasteiger partial charge >= 0.3 is 5.91 Å². The molecule has 0 bridgehead atoms. The summed E-state index contributed by atoms with van der Waals surface area (Å²) in [4.78, 5) is 28.6. The van der Waals surface area contributed by atoms with Crippen molar-refractivity contribution < 1.29 is 38.0 Å². The summed E-state index contributed by atoms with van der Waals surface area (Å²) in [6.45, 7) is 5.16. The number of carbonyl (C=O) groups is 2. The Morgan fingerprint density at radius 1 is 1.00 bits per heavy atom. The van der Waals surface area contributed by atoms with Crippen LogP contribution in [-0.4, -0.2) is 53.4 Å². The molecule has 1 unspecified atom stereocenters. The van der Waals surface area contributed by atoms with Crippen molar-refractivity contribution >= 4 is 45.7 Å². The summed E-state index contributed by atoms with van der Waals surface area (Å²) < 4.78 is 37.5. The van der Waals surface area contributed by atoms with E-state index in [0.717, 1.165) is 11.3 Å². The monoisotopic (exact) mass is 649 g/mol. The summed E-state index contributed by atoms with van der Waals surface area (Å²) in [5.41, 5.74) is 1.11. The lowest BCUT2D eigenvalue weighted by Crippen LogP contribution is -2.29. The number of rotatable bonds is 10. The molecule has 2 aliphatic rings. The average Bonchev–Trinajstić information content (AvgIpc) is 3.62. The number of aliphatic hydroxyl groups is 1. The van der Waals surface area contributed by atoms with Crippen molar-refractivity contribution in [3.63, 3.8) is 0 Å². The normalized spacial score (nSPS) is 17.0. The van der Waals surface area contributed by atoms with Crippen LogP contribution in [0.2, 0.25) is 0 Å². The minimum absolute atomic E-state index is 0.140. The van der Waals surface area contributed by atoms with Gasteiger partial charge < -0.3 is 24.1 Å². The van der Waals surface area contributed by atoms with Gasteiger partial charge in [0.05, 0.1) is 24.8 Å². The molecule has 45 heavy (non-hydrogen) atoms. The molecule has 232 valence electrons. The molecule has 0 saturated carbocycles. The number of nitrogens with zero attached hydrogens (tertiary/aromatic N) is 3. The Hall–Kier alpha value is -4.62. The molecule has 0 aliphatic carbocycles. The molecule has 1 aromatic heterocycles. The molecule has 6 rings (SSSR count). The summed E-state index contributed by atoms with van der Waals surface area (Å²) in [7, 11) is 0. The lowest BCUT2D eigenvalue weighted by atomic mass is 9.95. The van der Waals surface area contributed by atoms with Gasteiger partial charge in [-0.15, -0.1) is 10.2 Å². The first-order valence-corrected chi connectivity index (χ1v) is 16.0. The van der Waals surface area contributed by atoms with Gasteiger partial charge in [0.25, 0.3) is 5.78 Å². The van der Waals surface area contributed by atoms with Crippen molar-refractivity contribution in [1.82, 2.24) is 10.2 Å². The second-order valence-electron chi connectivity index (χ2n) is 9.83. The number of ketones is 1. The Bertz CT molecular complexity index is 1790. The van der Waals surface area contributed by atoms with Crippen LogP contribution in [-0.2, 0) is 15.3 Å². The molecule has 0 radical (unpaired) electrons. The molecule has 13 heteroatoms. The van der Waals surface area contributed by atoms with Crippen molar-refractivity contribution in [3.8, 4) is 23.0 Å². The van der Waals surface area contributed by atoms with E-state index in [1.54, 1.807) is 54.6 Å². The topological polar surface area (TPSA) is 120 Å². The van der Waals surface area contributed by atoms with Crippen LogP contribution >= 0.6 is 23.1 Å². The van der Waals surface area contributed by atoms with Gasteiger partial charge in [-0.1, -0.05) is 47.4 Å². The highest BCUT2D eigenvalue weighted by Crippen LogP contribution is 2.46. The van der Waals surface area contributed by atoms with E-state index in [1.165, 1.54) is 22.7 Å². The number of hydrogen-bond acceptors (Lipinski definition) is 11. The molecule has 3 heterocycles. The highest BCUT2D eigenvalue weighted by Gasteiger charge is 2.48. The first kappa shape index (κ1) is 30.4. The van der Waals surface area contributed by atoms with E-state index in [0.29, 0.717) is 70.6 Å². The Kier molecular flexibility index (Phi) is 8.90. The van der Waals surface area contributed by atoms with Crippen molar-refractivity contribution in [3.05, 3.63) is 88.7 Å². The van der Waals surface area contributed by atoms with E-state index in [2.05, 4.69) is 10.2 Å². The highest BCUT2D eigenvalue weighted by molar-refractivity contribution is 8.00. The summed E-state index contributed by atoms with van der Waals surface area (Å²) in [6, 6.07) is 15.3. The number of hydrogen-bond donors (Lipinski definition) is 1. The molecule has 3 aromatic carbocycles. The average molecular weight is 650 g/mol. The van der Waals surface area contributed by atoms with Crippen LogP contribution in [0.15, 0.2) is 70.6 Å². The van der Waals surface area contributed by atoms with Crippen LogP contribution in [0.1, 0.15) is 36.6 Å². The third kappa shape index (κ3) is 6.05. The van der Waals surface area contributed by atoms with Crippen molar-refractivity contribution in [1.29, 1.82) is 0 Å². The quantitative estimate of drug-likeness (QED) is 0.0703. The second kappa shape index (κ2) is 13.2. The van der Waals surface area contributed by atoms with Gasteiger partial charge in [-0.2, -0.15) is 0 Å².